The summed E-state index contributed by atoms with van der Waals surface area (Å²) in [5, 5.41) is 22.0. The molecule has 40 heavy (non-hydrogen) atoms. The van der Waals surface area contributed by atoms with E-state index >= 15 is 0 Å². The third kappa shape index (κ3) is 6.78. The monoisotopic (exact) mass is 586 g/mol. The predicted octanol–water partition coefficient (Wildman–Crippen LogP) is 3.82. The van der Waals surface area contributed by atoms with Crippen molar-refractivity contribution in [2.45, 2.75) is 31.2 Å². The molecule has 0 fully saturated rings. The lowest BCUT2D eigenvalue weighted by Gasteiger charge is -2.32. The number of rotatable bonds is 11. The van der Waals surface area contributed by atoms with Gasteiger partial charge < -0.3 is 25.0 Å². The number of nitrogens with one attached hydrogen (secondary N) is 2. The molecule has 0 radical (unpaired) electrons. The minimum Gasteiger partial charge on any atom is -0.491 e. The van der Waals surface area contributed by atoms with Gasteiger partial charge in [0, 0.05) is 17.8 Å². The summed E-state index contributed by atoms with van der Waals surface area (Å²) in [6.07, 6.45) is -4.25. The third-order valence-electron chi connectivity index (χ3n) is 5.95. The van der Waals surface area contributed by atoms with Crippen LogP contribution in [-0.2, 0) is 11.1 Å². The number of carbonyl (C=O) groups excluding carboxylic acids is 1. The maximum absolute atomic E-state index is 14.4. The minimum absolute atomic E-state index is 0.00120. The molecule has 0 saturated carbocycles. The van der Waals surface area contributed by atoms with Gasteiger partial charge in [0.1, 0.15) is 12.4 Å². The molecule has 14 heteroatoms. The Labute approximate surface area is 232 Å². The Balaban J connectivity index is 2.02. The molecule has 1 atom stereocenters. The fourth-order valence-corrected chi connectivity index (χ4v) is 3.63. The number of amides is 1. The number of methoxy groups -OCH3 is 1. The highest BCUT2D eigenvalue weighted by molar-refractivity contribution is 6.13. The molecule has 2 aromatic heterocycles. The fraction of sp³-hybridized carbons (Fsp3) is 0.346. The van der Waals surface area contributed by atoms with Crippen LogP contribution in [0.25, 0.3) is 11.3 Å². The molecule has 0 bridgehead atoms. The highest BCUT2D eigenvalue weighted by atomic mass is 35.5. The number of pyridine rings is 2. The van der Waals surface area contributed by atoms with E-state index in [1.807, 2.05) is 0 Å². The molecule has 3 rings (SSSR count). The molecule has 2 heterocycles. The first-order valence-electron chi connectivity index (χ1n) is 11.8. The van der Waals surface area contributed by atoms with Gasteiger partial charge in [-0.05, 0) is 67.6 Å². The highest BCUT2D eigenvalue weighted by Gasteiger charge is 2.56. The normalized spacial score (nSPS) is 13.4. The summed E-state index contributed by atoms with van der Waals surface area (Å²) in [6, 6.07) is 8.56. The van der Waals surface area contributed by atoms with Gasteiger partial charge in [0.15, 0.2) is 5.75 Å². The van der Waals surface area contributed by atoms with E-state index in [1.165, 1.54) is 31.4 Å². The van der Waals surface area contributed by atoms with Crippen LogP contribution < -0.4 is 19.6 Å². The first kappa shape index (κ1) is 31.0. The molecule has 216 valence electrons. The number of halogens is 5. The molecular formula is C26H27ClF4N4O5. The number of nitrogens with zero attached hydrogens (tertiary/aromatic N) is 2. The highest BCUT2D eigenvalue weighted by Crippen LogP contribution is 2.40. The molecule has 3 aromatic rings. The summed E-state index contributed by atoms with van der Waals surface area (Å²) < 4.78 is 67.0. The zero-order valence-electron chi connectivity index (χ0n) is 21.6. The zero-order chi connectivity index (χ0) is 29.7. The van der Waals surface area contributed by atoms with E-state index in [4.69, 9.17) is 26.4 Å². The van der Waals surface area contributed by atoms with Crippen LogP contribution in [0.15, 0.2) is 48.7 Å². The summed E-state index contributed by atoms with van der Waals surface area (Å²) in [5.41, 5.74) is -5.20. The average Bonchev–Trinajstić information content (AvgIpc) is 2.93. The average molecular weight is 587 g/mol. The Morgan fingerprint density at radius 3 is 2.38 bits per heavy atom. The van der Waals surface area contributed by atoms with Crippen LogP contribution in [0.2, 0.25) is 0 Å². The molecule has 0 spiro atoms. The number of aliphatic hydroxyl groups is 2. The van der Waals surface area contributed by atoms with Gasteiger partial charge in [-0.25, -0.2) is 19.2 Å². The number of benzene rings is 1. The maximum Gasteiger partial charge on any atom is 0.424 e. The predicted molar refractivity (Wildman–Crippen MR) is 137 cm³/mol. The van der Waals surface area contributed by atoms with Crippen molar-refractivity contribution in [2.75, 3.05) is 26.9 Å². The number of hydrogen-bond acceptors (Lipinski definition) is 8. The van der Waals surface area contributed by atoms with Crippen molar-refractivity contribution < 1.29 is 42.0 Å². The first-order chi connectivity index (χ1) is 18.8. The van der Waals surface area contributed by atoms with E-state index in [1.54, 1.807) is 13.8 Å². The lowest BCUT2D eigenvalue weighted by Crippen LogP contribution is -2.51. The van der Waals surface area contributed by atoms with Crippen LogP contribution in [0.4, 0.5) is 17.6 Å². The zero-order valence-corrected chi connectivity index (χ0v) is 22.4. The van der Waals surface area contributed by atoms with E-state index in [0.717, 1.165) is 24.4 Å². The largest absolute Gasteiger partial charge is 0.491 e. The molecule has 1 unspecified atom stereocenters. The van der Waals surface area contributed by atoms with Crippen molar-refractivity contribution in [3.63, 3.8) is 0 Å². The molecular weight excluding hydrogens is 560 g/mol. The third-order valence-corrected chi connectivity index (χ3v) is 6.42. The Morgan fingerprint density at radius 2 is 1.80 bits per heavy atom. The van der Waals surface area contributed by atoms with Crippen LogP contribution in [0.5, 0.6) is 11.6 Å². The SMILES string of the molecule is COc1cc(C(=O)NCC(O)(c2cc(C(C)(C)NCl)cc(-c3ccc(F)cc3)n2)C(F)(F)F)cnc1OCCO. The molecule has 0 aliphatic carbocycles. The van der Waals surface area contributed by atoms with E-state index < -0.39 is 41.3 Å². The number of aliphatic hydroxyl groups excluding tert-OH is 1. The van der Waals surface area contributed by atoms with Crippen molar-refractivity contribution in [3.8, 4) is 22.9 Å². The summed E-state index contributed by atoms with van der Waals surface area (Å²) >= 11 is 5.84. The first-order valence-corrected chi connectivity index (χ1v) is 12.2. The van der Waals surface area contributed by atoms with Crippen molar-refractivity contribution in [2.24, 2.45) is 0 Å². The van der Waals surface area contributed by atoms with Crippen molar-refractivity contribution >= 4 is 17.7 Å². The summed E-state index contributed by atoms with van der Waals surface area (Å²) in [5.74, 6) is -1.59. The second kappa shape index (κ2) is 12.3. The van der Waals surface area contributed by atoms with Gasteiger partial charge in [0.25, 0.3) is 11.8 Å². The lowest BCUT2D eigenvalue weighted by molar-refractivity contribution is -0.265. The van der Waals surface area contributed by atoms with Crippen LogP contribution in [0.1, 0.15) is 35.5 Å². The number of hydrogen-bond donors (Lipinski definition) is 4. The second-order valence-electron chi connectivity index (χ2n) is 9.20. The van der Waals surface area contributed by atoms with Gasteiger partial charge >= 0.3 is 6.18 Å². The van der Waals surface area contributed by atoms with Gasteiger partial charge in [-0.3, -0.25) is 4.79 Å². The smallest absolute Gasteiger partial charge is 0.424 e. The topological polar surface area (TPSA) is 126 Å². The summed E-state index contributed by atoms with van der Waals surface area (Å²) in [4.78, 5) is 23.2. The van der Waals surface area contributed by atoms with Crippen LogP contribution in [0.3, 0.4) is 0 Å². The molecule has 9 nitrogen and oxygen atoms in total. The number of carbonyl (C=O) groups is 1. The fourth-order valence-electron chi connectivity index (χ4n) is 3.53. The Bertz CT molecular complexity index is 1340. The van der Waals surface area contributed by atoms with E-state index in [9.17, 15) is 27.5 Å². The molecule has 4 N–H and O–H groups in total. The van der Waals surface area contributed by atoms with Crippen molar-refractivity contribution in [3.05, 3.63) is 71.3 Å². The maximum atomic E-state index is 14.4. The Morgan fingerprint density at radius 1 is 1.12 bits per heavy atom. The van der Waals surface area contributed by atoms with E-state index in [0.29, 0.717) is 0 Å². The van der Waals surface area contributed by atoms with E-state index in [2.05, 4.69) is 20.1 Å². The van der Waals surface area contributed by atoms with Gasteiger partial charge in [-0.15, -0.1) is 0 Å². The van der Waals surface area contributed by atoms with Gasteiger partial charge in [-0.2, -0.15) is 13.2 Å². The molecule has 0 aliphatic rings. The van der Waals surface area contributed by atoms with Crippen LogP contribution in [0, 0.1) is 5.82 Å². The van der Waals surface area contributed by atoms with Gasteiger partial charge in [0.05, 0.1) is 42.8 Å². The summed E-state index contributed by atoms with van der Waals surface area (Å²) in [7, 11) is 1.27. The van der Waals surface area contributed by atoms with Crippen molar-refractivity contribution in [1.29, 1.82) is 0 Å². The lowest BCUT2D eigenvalue weighted by atomic mass is 9.89. The Kier molecular flexibility index (Phi) is 9.56. The van der Waals surface area contributed by atoms with Gasteiger partial charge in [-0.1, -0.05) is 0 Å². The number of alkyl halides is 3. The standard InChI is InChI=1S/C26H27ClF4N4O5/c1-24(2,35-27)17-11-19(15-4-6-18(28)7-5-15)34-21(12-17)25(38,26(29,30)31)14-33-22(37)16-10-20(39-3)23(32-13-16)40-9-8-36/h4-7,10-13,35-36,38H,8-9,14H2,1-3H3,(H,33,37). The quantitative estimate of drug-likeness (QED) is 0.197. The molecule has 1 amide bonds. The Hall–Kier alpha value is -3.52. The molecule has 1 aromatic carbocycles. The van der Waals surface area contributed by atoms with Crippen LogP contribution in [-0.4, -0.2) is 59.1 Å². The van der Waals surface area contributed by atoms with E-state index in [-0.39, 0.29) is 47.2 Å². The van der Waals surface area contributed by atoms with Gasteiger partial charge in [0.2, 0.25) is 5.60 Å². The second-order valence-corrected chi connectivity index (χ2v) is 9.39. The number of aromatic nitrogens is 2. The molecule has 0 aliphatic heterocycles. The molecule has 0 saturated heterocycles. The van der Waals surface area contributed by atoms with Crippen LogP contribution >= 0.6 is 11.8 Å². The van der Waals surface area contributed by atoms with Crippen molar-refractivity contribution in [1.82, 2.24) is 20.1 Å². The summed E-state index contributed by atoms with van der Waals surface area (Å²) in [6.45, 7) is 1.47. The number of ether oxygens (including phenoxy) is 2. The minimum atomic E-state index is -5.29.